The lowest BCUT2D eigenvalue weighted by atomic mass is 10.1. The lowest BCUT2D eigenvalue weighted by molar-refractivity contribution is -0.123. The van der Waals surface area contributed by atoms with Gasteiger partial charge in [-0.1, -0.05) is 46.9 Å². The smallest absolute Gasteiger partial charge is 0.345 e. The topological polar surface area (TPSA) is 82.1 Å². The number of benzene rings is 3. The van der Waals surface area contributed by atoms with Gasteiger partial charge in [-0.15, -0.1) is 0 Å². The van der Waals surface area contributed by atoms with Gasteiger partial charge in [0.1, 0.15) is 12.4 Å². The lowest BCUT2D eigenvalue weighted by Crippen LogP contribution is -2.32. The summed E-state index contributed by atoms with van der Waals surface area (Å²) in [6.45, 7) is 0.163. The Hall–Kier alpha value is -3.17. The van der Waals surface area contributed by atoms with Crippen LogP contribution in [0, 0.1) is 0 Å². The monoisotopic (exact) mass is 577 g/mol. The summed E-state index contributed by atoms with van der Waals surface area (Å²) in [5.74, 6) is -0.346. The van der Waals surface area contributed by atoms with Crippen LogP contribution in [0.3, 0.4) is 0 Å². The van der Waals surface area contributed by atoms with Crippen molar-refractivity contribution in [2.75, 3.05) is 20.3 Å². The van der Waals surface area contributed by atoms with E-state index >= 15 is 0 Å². The molecule has 7 nitrogen and oxygen atoms in total. The molecule has 1 aliphatic heterocycles. The van der Waals surface area contributed by atoms with E-state index in [9.17, 15) is 14.4 Å². The molecule has 190 valence electrons. The average Bonchev–Trinajstić information content (AvgIpc) is 3.13. The van der Waals surface area contributed by atoms with Crippen molar-refractivity contribution in [1.29, 1.82) is 0 Å². The minimum Gasteiger partial charge on any atom is -0.493 e. The zero-order valence-electron chi connectivity index (χ0n) is 19.2. The molecule has 0 atom stereocenters. The van der Waals surface area contributed by atoms with Crippen molar-refractivity contribution in [3.63, 3.8) is 0 Å². The minimum absolute atomic E-state index is 0.0552. The van der Waals surface area contributed by atoms with Crippen molar-refractivity contribution in [1.82, 2.24) is 4.90 Å². The Labute approximate surface area is 231 Å². The van der Waals surface area contributed by atoms with Crippen molar-refractivity contribution < 1.29 is 28.6 Å². The predicted octanol–water partition coefficient (Wildman–Crippen LogP) is 6.99. The van der Waals surface area contributed by atoms with E-state index in [0.717, 1.165) is 16.7 Å². The van der Waals surface area contributed by atoms with Gasteiger partial charge in [0.15, 0.2) is 11.5 Å². The summed E-state index contributed by atoms with van der Waals surface area (Å²) in [6.07, 6.45) is 1.47. The summed E-state index contributed by atoms with van der Waals surface area (Å²) in [5.41, 5.74) is 0.463. The first-order valence-electron chi connectivity index (χ1n) is 10.7. The molecule has 0 saturated carbocycles. The van der Waals surface area contributed by atoms with E-state index in [1.807, 2.05) is 0 Å². The molecule has 4 rings (SSSR count). The molecule has 1 saturated heterocycles. The van der Waals surface area contributed by atoms with Crippen LogP contribution in [0.4, 0.5) is 4.79 Å². The van der Waals surface area contributed by atoms with E-state index in [0.29, 0.717) is 21.4 Å². The molecule has 0 aliphatic carbocycles. The predicted molar refractivity (Wildman–Crippen MR) is 144 cm³/mol. The fourth-order valence-electron chi connectivity index (χ4n) is 3.34. The van der Waals surface area contributed by atoms with Crippen LogP contribution in [-0.4, -0.2) is 42.3 Å². The van der Waals surface area contributed by atoms with E-state index in [4.69, 9.17) is 49.0 Å². The second-order valence-corrected chi connectivity index (χ2v) is 9.80. The zero-order valence-corrected chi connectivity index (χ0v) is 22.3. The zero-order chi connectivity index (χ0) is 26.5. The van der Waals surface area contributed by atoms with E-state index in [1.54, 1.807) is 42.5 Å². The molecule has 0 spiro atoms. The highest BCUT2D eigenvalue weighted by molar-refractivity contribution is 8.18. The molecule has 37 heavy (non-hydrogen) atoms. The van der Waals surface area contributed by atoms with Crippen molar-refractivity contribution in [2.45, 2.75) is 0 Å². The summed E-state index contributed by atoms with van der Waals surface area (Å²) in [5, 5.41) is 0.623. The number of para-hydroxylation sites is 1. The van der Waals surface area contributed by atoms with E-state index in [1.165, 1.54) is 31.4 Å². The highest BCUT2D eigenvalue weighted by Crippen LogP contribution is 2.38. The fraction of sp³-hybridized carbons (Fsp3) is 0.115. The molecule has 11 heteroatoms. The van der Waals surface area contributed by atoms with Gasteiger partial charge in [0.05, 0.1) is 29.1 Å². The number of thioether (sulfide) groups is 1. The number of hydrogen-bond acceptors (Lipinski definition) is 7. The summed E-state index contributed by atoms with van der Waals surface area (Å²) in [7, 11) is 1.42. The largest absolute Gasteiger partial charge is 0.493 e. The van der Waals surface area contributed by atoms with Crippen LogP contribution in [0.15, 0.2) is 65.6 Å². The molecule has 0 unspecified atom stereocenters. The van der Waals surface area contributed by atoms with Gasteiger partial charge in [-0.2, -0.15) is 0 Å². The average molecular weight is 579 g/mol. The quantitative estimate of drug-likeness (QED) is 0.162. The van der Waals surface area contributed by atoms with Crippen LogP contribution in [-0.2, 0) is 4.79 Å². The molecule has 1 fully saturated rings. The number of methoxy groups -OCH3 is 1. The third-order valence-electron chi connectivity index (χ3n) is 5.13. The normalized spacial score (nSPS) is 14.3. The second-order valence-electron chi connectivity index (χ2n) is 7.53. The van der Waals surface area contributed by atoms with Crippen LogP contribution >= 0.6 is 46.6 Å². The van der Waals surface area contributed by atoms with Gasteiger partial charge in [0.2, 0.25) is 0 Å². The van der Waals surface area contributed by atoms with Gasteiger partial charge in [-0.3, -0.25) is 14.5 Å². The number of hydrogen-bond donors (Lipinski definition) is 0. The van der Waals surface area contributed by atoms with Crippen LogP contribution in [0.1, 0.15) is 15.9 Å². The van der Waals surface area contributed by atoms with Gasteiger partial charge in [0.25, 0.3) is 11.1 Å². The number of ether oxygens (including phenoxy) is 3. The Balaban J connectivity index is 1.52. The second kappa shape index (κ2) is 11.9. The van der Waals surface area contributed by atoms with Crippen molar-refractivity contribution >= 4 is 69.8 Å². The van der Waals surface area contributed by atoms with Crippen molar-refractivity contribution in [3.05, 3.63) is 91.8 Å². The number of carbonyl (C=O) groups is 3. The summed E-state index contributed by atoms with van der Waals surface area (Å²) in [4.78, 5) is 39.6. The van der Waals surface area contributed by atoms with Crippen LogP contribution < -0.4 is 14.2 Å². The van der Waals surface area contributed by atoms with E-state index in [2.05, 4.69) is 0 Å². The first-order valence-corrected chi connectivity index (χ1v) is 12.7. The fourth-order valence-corrected chi connectivity index (χ4v) is 4.81. The molecule has 0 aromatic heterocycles. The standard InChI is InChI=1S/C26H18Cl3NO6S/c1-34-21-4-2-3-15(23(21)36-25(32)19-10-7-17(28)14-20(19)29)13-22-24(31)30(26(33)37-22)11-12-35-18-8-5-16(27)6-9-18/h2-10,13-14H,11-12H2,1H3/b22-13-. The third kappa shape index (κ3) is 6.40. The Bertz CT molecular complexity index is 1390. The van der Waals surface area contributed by atoms with E-state index < -0.39 is 17.1 Å². The van der Waals surface area contributed by atoms with Crippen LogP contribution in [0.2, 0.25) is 15.1 Å². The molecule has 0 N–H and O–H groups in total. The van der Waals surface area contributed by atoms with Crippen molar-refractivity contribution in [3.8, 4) is 17.2 Å². The Kier molecular flexibility index (Phi) is 8.66. The molecular formula is C26H18Cl3NO6S. The van der Waals surface area contributed by atoms with E-state index in [-0.39, 0.29) is 40.1 Å². The number of halogens is 3. The van der Waals surface area contributed by atoms with Gasteiger partial charge in [-0.05, 0) is 66.4 Å². The SMILES string of the molecule is COc1cccc(/C=C2\SC(=O)N(CCOc3ccc(Cl)cc3)C2=O)c1OC(=O)c1ccc(Cl)cc1Cl. The van der Waals surface area contributed by atoms with Gasteiger partial charge in [0, 0.05) is 15.6 Å². The molecule has 0 radical (unpaired) electrons. The Morgan fingerprint density at radius 3 is 2.43 bits per heavy atom. The molecule has 3 aromatic rings. The maximum atomic E-state index is 13.0. The number of nitrogens with zero attached hydrogens (tertiary/aromatic N) is 1. The maximum absolute atomic E-state index is 13.0. The van der Waals surface area contributed by atoms with Gasteiger partial charge in [-0.25, -0.2) is 4.79 Å². The van der Waals surface area contributed by atoms with Gasteiger partial charge >= 0.3 is 5.97 Å². The molecular weight excluding hydrogens is 561 g/mol. The molecule has 1 heterocycles. The molecule has 1 aliphatic rings. The summed E-state index contributed by atoms with van der Waals surface area (Å²) in [6, 6.07) is 16.0. The molecule has 0 bridgehead atoms. The first-order chi connectivity index (χ1) is 17.8. The van der Waals surface area contributed by atoms with Gasteiger partial charge < -0.3 is 14.2 Å². The lowest BCUT2D eigenvalue weighted by Gasteiger charge is -2.14. The summed E-state index contributed by atoms with van der Waals surface area (Å²) >= 11 is 18.7. The highest BCUT2D eigenvalue weighted by atomic mass is 35.5. The minimum atomic E-state index is -0.742. The van der Waals surface area contributed by atoms with Crippen molar-refractivity contribution in [2.24, 2.45) is 0 Å². The number of carbonyl (C=O) groups excluding carboxylic acids is 3. The number of amides is 2. The number of rotatable bonds is 8. The van der Waals surface area contributed by atoms with Crippen LogP contribution in [0.5, 0.6) is 17.2 Å². The highest BCUT2D eigenvalue weighted by Gasteiger charge is 2.35. The maximum Gasteiger partial charge on any atom is 0.345 e. The molecule has 3 aromatic carbocycles. The van der Waals surface area contributed by atoms with Crippen LogP contribution in [0.25, 0.3) is 6.08 Å². The third-order valence-corrected chi connectivity index (χ3v) is 6.84. The Morgan fingerprint density at radius 2 is 1.73 bits per heavy atom. The first kappa shape index (κ1) is 26.9. The molecule has 2 amide bonds. The summed E-state index contributed by atoms with van der Waals surface area (Å²) < 4.78 is 16.6. The number of esters is 1. The Morgan fingerprint density at radius 1 is 1.00 bits per heavy atom. The number of imide groups is 1.